The van der Waals surface area contributed by atoms with E-state index in [-0.39, 0.29) is 15.6 Å². The number of anilines is 1. The van der Waals surface area contributed by atoms with Crippen LogP contribution in [-0.4, -0.2) is 35.7 Å². The maximum Gasteiger partial charge on any atom is 0.339 e. The number of rotatable bonds is 5. The number of carbonyl (C=O) groups is 2. The van der Waals surface area contributed by atoms with Gasteiger partial charge in [-0.05, 0) is 36.4 Å². The first kappa shape index (κ1) is 17.6. The zero-order valence-electron chi connectivity index (χ0n) is 11.7. The zero-order chi connectivity index (χ0) is 18.1. The van der Waals surface area contributed by atoms with Crippen LogP contribution in [0.2, 0.25) is 5.02 Å². The summed E-state index contributed by atoms with van der Waals surface area (Å²) in [7, 11) is -4.19. The van der Waals surface area contributed by atoms with Crippen LogP contribution in [0.3, 0.4) is 0 Å². The minimum Gasteiger partial charge on any atom is -0.507 e. The number of hydrogen-bond donors (Lipinski definition) is 4. The van der Waals surface area contributed by atoms with Gasteiger partial charge in [0.05, 0.1) is 15.5 Å². The van der Waals surface area contributed by atoms with Gasteiger partial charge >= 0.3 is 11.9 Å². The molecule has 0 unspecified atom stereocenters. The summed E-state index contributed by atoms with van der Waals surface area (Å²) >= 11 is 5.69. The molecule has 0 radical (unpaired) electrons. The Labute approximate surface area is 141 Å². The maximum atomic E-state index is 12.3. The van der Waals surface area contributed by atoms with E-state index in [1.54, 1.807) is 0 Å². The van der Waals surface area contributed by atoms with E-state index in [4.69, 9.17) is 21.8 Å². The first-order valence-corrected chi connectivity index (χ1v) is 8.10. The Kier molecular flexibility index (Phi) is 4.67. The SMILES string of the molecule is O=C(O)c1cc(NS(=O)(=O)c2ccc(Cl)c(C(=O)O)c2)ccc1O. The van der Waals surface area contributed by atoms with Crippen LogP contribution in [0.25, 0.3) is 0 Å². The number of sulfonamides is 1. The fourth-order valence-corrected chi connectivity index (χ4v) is 3.09. The molecule has 0 aromatic heterocycles. The normalized spacial score (nSPS) is 11.0. The summed E-state index contributed by atoms with van der Waals surface area (Å²) in [6, 6.07) is 6.22. The summed E-state index contributed by atoms with van der Waals surface area (Å²) in [4.78, 5) is 21.6. The van der Waals surface area contributed by atoms with E-state index in [1.165, 1.54) is 0 Å². The molecule has 126 valence electrons. The maximum absolute atomic E-state index is 12.3. The highest BCUT2D eigenvalue weighted by Gasteiger charge is 2.20. The van der Waals surface area contributed by atoms with E-state index in [2.05, 4.69) is 4.72 Å². The van der Waals surface area contributed by atoms with Crippen molar-refractivity contribution in [1.29, 1.82) is 0 Å². The van der Waals surface area contributed by atoms with E-state index < -0.39 is 38.8 Å². The lowest BCUT2D eigenvalue weighted by Crippen LogP contribution is -2.14. The van der Waals surface area contributed by atoms with Crippen molar-refractivity contribution in [2.75, 3.05) is 4.72 Å². The van der Waals surface area contributed by atoms with Crippen molar-refractivity contribution in [1.82, 2.24) is 0 Å². The first-order chi connectivity index (χ1) is 11.1. The Hall–Kier alpha value is -2.78. The molecule has 2 aromatic carbocycles. The van der Waals surface area contributed by atoms with Gasteiger partial charge in [0.25, 0.3) is 10.0 Å². The second-order valence-electron chi connectivity index (χ2n) is 4.59. The first-order valence-electron chi connectivity index (χ1n) is 6.24. The Bertz CT molecular complexity index is 940. The Balaban J connectivity index is 2.42. The van der Waals surface area contributed by atoms with Crippen LogP contribution in [0.5, 0.6) is 5.75 Å². The molecule has 4 N–H and O–H groups in total. The summed E-state index contributed by atoms with van der Waals surface area (Å²) < 4.78 is 26.7. The van der Waals surface area contributed by atoms with Crippen molar-refractivity contribution in [2.45, 2.75) is 4.90 Å². The van der Waals surface area contributed by atoms with Gasteiger partial charge in [-0.3, -0.25) is 4.72 Å². The fourth-order valence-electron chi connectivity index (χ4n) is 1.82. The molecule has 10 heteroatoms. The molecule has 0 amide bonds. The van der Waals surface area contributed by atoms with Crippen LogP contribution in [0.1, 0.15) is 20.7 Å². The molecule has 2 aromatic rings. The number of aromatic carboxylic acids is 2. The third-order valence-electron chi connectivity index (χ3n) is 2.96. The van der Waals surface area contributed by atoms with Crippen molar-refractivity contribution in [3.8, 4) is 5.75 Å². The molecule has 0 aliphatic rings. The quantitative estimate of drug-likeness (QED) is 0.590. The van der Waals surface area contributed by atoms with Crippen LogP contribution in [0, 0.1) is 0 Å². The highest BCUT2D eigenvalue weighted by molar-refractivity contribution is 7.92. The van der Waals surface area contributed by atoms with Crippen molar-refractivity contribution < 1.29 is 33.3 Å². The monoisotopic (exact) mass is 371 g/mol. The topological polar surface area (TPSA) is 141 Å². The van der Waals surface area contributed by atoms with Crippen LogP contribution >= 0.6 is 11.6 Å². The lowest BCUT2D eigenvalue weighted by Gasteiger charge is -2.10. The highest BCUT2D eigenvalue weighted by atomic mass is 35.5. The zero-order valence-corrected chi connectivity index (χ0v) is 13.3. The van der Waals surface area contributed by atoms with Crippen LogP contribution in [0.15, 0.2) is 41.3 Å². The third kappa shape index (κ3) is 3.58. The number of halogens is 1. The molecule has 2 rings (SSSR count). The predicted molar refractivity (Wildman–Crippen MR) is 84.3 cm³/mol. The molecule has 0 atom stereocenters. The van der Waals surface area contributed by atoms with Gasteiger partial charge in [-0.2, -0.15) is 0 Å². The lowest BCUT2D eigenvalue weighted by molar-refractivity contribution is 0.0684. The molecule has 24 heavy (non-hydrogen) atoms. The summed E-state index contributed by atoms with van der Waals surface area (Å²) in [5, 5.41) is 27.2. The van der Waals surface area contributed by atoms with Crippen LogP contribution in [0.4, 0.5) is 5.69 Å². The smallest absolute Gasteiger partial charge is 0.339 e. The number of hydrogen-bond acceptors (Lipinski definition) is 5. The number of carboxylic acids is 2. The molecule has 8 nitrogen and oxygen atoms in total. The van der Waals surface area contributed by atoms with Gasteiger partial charge in [-0.1, -0.05) is 11.6 Å². The number of benzene rings is 2. The predicted octanol–water partition coefficient (Wildman–Crippen LogP) is 2.24. The molecule has 0 spiro atoms. The molecule has 0 fully saturated rings. The summed E-state index contributed by atoms with van der Waals surface area (Å²) in [6.07, 6.45) is 0. The van der Waals surface area contributed by atoms with Gasteiger partial charge in [-0.15, -0.1) is 0 Å². The fraction of sp³-hybridized carbons (Fsp3) is 0. The van der Waals surface area contributed by atoms with E-state index in [1.807, 2.05) is 0 Å². The van der Waals surface area contributed by atoms with Gasteiger partial charge in [-0.25, -0.2) is 18.0 Å². The van der Waals surface area contributed by atoms with Gasteiger partial charge in [0, 0.05) is 5.69 Å². The van der Waals surface area contributed by atoms with E-state index in [0.717, 1.165) is 36.4 Å². The van der Waals surface area contributed by atoms with Crippen molar-refractivity contribution >= 4 is 39.3 Å². The standard InChI is InChI=1S/C14H10ClNO7S/c15-11-3-2-8(6-9(11)13(18)19)24(22,23)16-7-1-4-12(17)10(5-7)14(20)21/h1-6,16-17H,(H,18,19)(H,20,21). The second-order valence-corrected chi connectivity index (χ2v) is 6.68. The Morgan fingerprint density at radius 1 is 0.958 bits per heavy atom. The minimum absolute atomic E-state index is 0.114. The third-order valence-corrected chi connectivity index (χ3v) is 4.67. The molecular weight excluding hydrogens is 362 g/mol. The van der Waals surface area contributed by atoms with Gasteiger partial charge in [0.15, 0.2) is 0 Å². The molecule has 0 heterocycles. The van der Waals surface area contributed by atoms with Crippen LogP contribution in [-0.2, 0) is 10.0 Å². The van der Waals surface area contributed by atoms with Crippen molar-refractivity contribution in [3.63, 3.8) is 0 Å². The largest absolute Gasteiger partial charge is 0.507 e. The van der Waals surface area contributed by atoms with Gasteiger partial charge in [0.2, 0.25) is 0 Å². The molecule has 0 saturated carbocycles. The lowest BCUT2D eigenvalue weighted by atomic mass is 10.2. The molecule has 0 bridgehead atoms. The molecule has 0 saturated heterocycles. The Morgan fingerprint density at radius 3 is 2.17 bits per heavy atom. The summed E-state index contributed by atoms with van der Waals surface area (Å²) in [5.41, 5.74) is -0.994. The molecular formula is C14H10ClNO7S. The molecule has 0 aliphatic carbocycles. The number of phenols is 1. The van der Waals surface area contributed by atoms with Crippen molar-refractivity contribution in [2.24, 2.45) is 0 Å². The van der Waals surface area contributed by atoms with Crippen molar-refractivity contribution in [3.05, 3.63) is 52.5 Å². The highest BCUT2D eigenvalue weighted by Crippen LogP contribution is 2.25. The van der Waals surface area contributed by atoms with Gasteiger partial charge < -0.3 is 15.3 Å². The van der Waals surface area contributed by atoms with E-state index in [0.29, 0.717) is 0 Å². The minimum atomic E-state index is -4.19. The van der Waals surface area contributed by atoms with E-state index in [9.17, 15) is 23.1 Å². The summed E-state index contributed by atoms with van der Waals surface area (Å²) in [6.45, 7) is 0. The average Bonchev–Trinajstić information content (AvgIpc) is 2.48. The number of carboxylic acid groups (broad SMARTS) is 2. The van der Waals surface area contributed by atoms with Crippen LogP contribution < -0.4 is 4.72 Å². The summed E-state index contributed by atoms with van der Waals surface area (Å²) in [5.74, 6) is -3.35. The average molecular weight is 372 g/mol. The van der Waals surface area contributed by atoms with E-state index >= 15 is 0 Å². The van der Waals surface area contributed by atoms with Gasteiger partial charge in [0.1, 0.15) is 11.3 Å². The Morgan fingerprint density at radius 2 is 1.58 bits per heavy atom. The number of nitrogens with one attached hydrogen (secondary N) is 1. The molecule has 0 aliphatic heterocycles. The second kappa shape index (κ2) is 6.38. The number of aromatic hydroxyl groups is 1.